The lowest BCUT2D eigenvalue weighted by Crippen LogP contribution is -2.19. The summed E-state index contributed by atoms with van der Waals surface area (Å²) in [6.07, 6.45) is 6.74. The van der Waals surface area contributed by atoms with Gasteiger partial charge in [0.1, 0.15) is 11.5 Å². The number of nitrogens with zero attached hydrogens (tertiary/aromatic N) is 2. The molecule has 3 aromatic rings. The number of halogens is 1. The maximum Gasteiger partial charge on any atom is 0.244 e. The lowest BCUT2D eigenvalue weighted by atomic mass is 10.1. The minimum atomic E-state index is -0.211. The summed E-state index contributed by atoms with van der Waals surface area (Å²) >= 11 is 5.90. The number of carbonyl (C=O) groups is 1. The van der Waals surface area contributed by atoms with E-state index in [0.717, 1.165) is 16.8 Å². The highest BCUT2D eigenvalue weighted by Gasteiger charge is 2.05. The largest absolute Gasteiger partial charge is 0.497 e. The molecular formula is C21H20ClN3O3. The number of hydrogen-bond acceptors (Lipinski definition) is 4. The molecule has 6 nitrogen and oxygen atoms in total. The summed E-state index contributed by atoms with van der Waals surface area (Å²) in [5.74, 6) is 1.11. The fraction of sp³-hybridized carbons (Fsp3) is 0.143. The molecule has 1 N–H and O–H groups in total. The Labute approximate surface area is 168 Å². The van der Waals surface area contributed by atoms with Crippen LogP contribution in [0.5, 0.6) is 11.5 Å². The molecule has 0 saturated carbocycles. The maximum atomic E-state index is 12.1. The summed E-state index contributed by atoms with van der Waals surface area (Å²) in [5.41, 5.74) is 2.57. The van der Waals surface area contributed by atoms with Crippen LogP contribution in [0, 0.1) is 0 Å². The van der Waals surface area contributed by atoms with E-state index in [4.69, 9.17) is 21.1 Å². The van der Waals surface area contributed by atoms with E-state index in [-0.39, 0.29) is 5.91 Å². The first kappa shape index (κ1) is 19.5. The molecule has 1 aromatic heterocycles. The molecule has 0 aliphatic heterocycles. The van der Waals surface area contributed by atoms with Gasteiger partial charge in [-0.2, -0.15) is 5.10 Å². The van der Waals surface area contributed by atoms with Crippen molar-refractivity contribution in [3.8, 4) is 17.2 Å². The molecule has 2 aromatic carbocycles. The maximum absolute atomic E-state index is 12.1. The van der Waals surface area contributed by atoms with E-state index in [1.807, 2.05) is 30.5 Å². The van der Waals surface area contributed by atoms with Crippen LogP contribution >= 0.6 is 11.6 Å². The first-order chi connectivity index (χ1) is 13.6. The molecule has 1 amide bonds. The van der Waals surface area contributed by atoms with Crippen molar-refractivity contribution in [1.82, 2.24) is 15.1 Å². The normalized spacial score (nSPS) is 10.8. The zero-order chi connectivity index (χ0) is 19.9. The van der Waals surface area contributed by atoms with Gasteiger partial charge < -0.3 is 14.8 Å². The number of benzene rings is 2. The number of ether oxygens (including phenoxy) is 2. The number of methoxy groups -OCH3 is 2. The van der Waals surface area contributed by atoms with Crippen molar-refractivity contribution in [3.05, 3.63) is 77.1 Å². The SMILES string of the molecule is COc1ccc(/C=C/C(=O)NCc2cnn(-c3ccc(Cl)cc3)c2)c(OC)c1. The van der Waals surface area contributed by atoms with Crippen LogP contribution in [-0.4, -0.2) is 29.9 Å². The predicted octanol–water partition coefficient (Wildman–Crippen LogP) is 3.87. The molecule has 0 bridgehead atoms. The Balaban J connectivity index is 1.59. The average Bonchev–Trinajstić information content (AvgIpc) is 3.20. The molecule has 0 aliphatic rings. The van der Waals surface area contributed by atoms with Crippen LogP contribution < -0.4 is 14.8 Å². The third-order valence-corrected chi connectivity index (χ3v) is 4.30. The van der Waals surface area contributed by atoms with Gasteiger partial charge in [0.15, 0.2) is 0 Å². The lowest BCUT2D eigenvalue weighted by Gasteiger charge is -2.07. The molecule has 3 rings (SSSR count). The smallest absolute Gasteiger partial charge is 0.244 e. The molecule has 0 radical (unpaired) electrons. The Morgan fingerprint density at radius 1 is 1.18 bits per heavy atom. The van der Waals surface area contributed by atoms with Crippen LogP contribution in [0.3, 0.4) is 0 Å². The lowest BCUT2D eigenvalue weighted by molar-refractivity contribution is -0.116. The summed E-state index contributed by atoms with van der Waals surface area (Å²) in [4.78, 5) is 12.1. The fourth-order valence-corrected chi connectivity index (χ4v) is 2.68. The van der Waals surface area contributed by atoms with Gasteiger partial charge in [-0.15, -0.1) is 0 Å². The number of nitrogens with one attached hydrogen (secondary N) is 1. The number of rotatable bonds is 7. The second-order valence-electron chi connectivity index (χ2n) is 5.93. The van der Waals surface area contributed by atoms with Gasteiger partial charge in [-0.05, 0) is 42.5 Å². The Hall–Kier alpha value is -3.25. The van der Waals surface area contributed by atoms with Crippen LogP contribution in [-0.2, 0) is 11.3 Å². The third kappa shape index (κ3) is 4.92. The van der Waals surface area contributed by atoms with E-state index < -0.39 is 0 Å². The minimum Gasteiger partial charge on any atom is -0.497 e. The van der Waals surface area contributed by atoms with Crippen molar-refractivity contribution in [2.75, 3.05) is 14.2 Å². The second-order valence-corrected chi connectivity index (χ2v) is 6.37. The monoisotopic (exact) mass is 397 g/mol. The van der Waals surface area contributed by atoms with E-state index in [1.54, 1.807) is 49.4 Å². The fourth-order valence-electron chi connectivity index (χ4n) is 2.56. The first-order valence-electron chi connectivity index (χ1n) is 8.56. The van der Waals surface area contributed by atoms with Crippen molar-refractivity contribution in [3.63, 3.8) is 0 Å². The van der Waals surface area contributed by atoms with Gasteiger partial charge in [-0.1, -0.05) is 11.6 Å². The number of carbonyl (C=O) groups excluding carboxylic acids is 1. The summed E-state index contributed by atoms with van der Waals surface area (Å²) in [6.45, 7) is 0.372. The van der Waals surface area contributed by atoms with Gasteiger partial charge in [-0.25, -0.2) is 4.68 Å². The van der Waals surface area contributed by atoms with Gasteiger partial charge in [0.05, 0.1) is 26.1 Å². The molecule has 1 heterocycles. The zero-order valence-corrected chi connectivity index (χ0v) is 16.3. The molecule has 144 valence electrons. The van der Waals surface area contributed by atoms with Gasteiger partial charge in [0.25, 0.3) is 0 Å². The molecule has 0 saturated heterocycles. The molecule has 0 atom stereocenters. The van der Waals surface area contributed by atoms with Crippen LogP contribution in [0.15, 0.2) is 60.9 Å². The van der Waals surface area contributed by atoms with Crippen LogP contribution in [0.2, 0.25) is 5.02 Å². The van der Waals surface area contributed by atoms with Crippen LogP contribution in [0.25, 0.3) is 11.8 Å². The average molecular weight is 398 g/mol. The van der Waals surface area contributed by atoms with Gasteiger partial charge >= 0.3 is 0 Å². The van der Waals surface area contributed by atoms with E-state index in [0.29, 0.717) is 23.1 Å². The molecule has 7 heteroatoms. The first-order valence-corrected chi connectivity index (χ1v) is 8.94. The van der Waals surface area contributed by atoms with E-state index in [2.05, 4.69) is 10.4 Å². The molecule has 0 spiro atoms. The zero-order valence-electron chi connectivity index (χ0n) is 15.6. The van der Waals surface area contributed by atoms with Crippen LogP contribution in [0.4, 0.5) is 0 Å². The molecule has 28 heavy (non-hydrogen) atoms. The Morgan fingerprint density at radius 3 is 2.68 bits per heavy atom. The number of hydrogen-bond donors (Lipinski definition) is 1. The number of aromatic nitrogens is 2. The predicted molar refractivity (Wildman–Crippen MR) is 109 cm³/mol. The molecular weight excluding hydrogens is 378 g/mol. The van der Waals surface area contributed by atoms with Crippen molar-refractivity contribution >= 4 is 23.6 Å². The highest BCUT2D eigenvalue weighted by atomic mass is 35.5. The van der Waals surface area contributed by atoms with Gasteiger partial charge in [0.2, 0.25) is 5.91 Å². The molecule has 0 unspecified atom stereocenters. The van der Waals surface area contributed by atoms with E-state index >= 15 is 0 Å². The summed E-state index contributed by atoms with van der Waals surface area (Å²) in [7, 11) is 3.16. The Bertz CT molecular complexity index is 981. The third-order valence-electron chi connectivity index (χ3n) is 4.05. The minimum absolute atomic E-state index is 0.211. The summed E-state index contributed by atoms with van der Waals surface area (Å²) in [6, 6.07) is 12.8. The summed E-state index contributed by atoms with van der Waals surface area (Å²) < 4.78 is 12.2. The Kier molecular flexibility index (Phi) is 6.34. The van der Waals surface area contributed by atoms with Gasteiger partial charge in [-0.3, -0.25) is 4.79 Å². The Morgan fingerprint density at radius 2 is 1.96 bits per heavy atom. The second kappa shape index (κ2) is 9.10. The highest BCUT2D eigenvalue weighted by molar-refractivity contribution is 6.30. The van der Waals surface area contributed by atoms with E-state index in [9.17, 15) is 4.79 Å². The van der Waals surface area contributed by atoms with E-state index in [1.165, 1.54) is 6.08 Å². The van der Waals surface area contributed by atoms with Crippen molar-refractivity contribution in [2.45, 2.75) is 6.54 Å². The molecule has 0 fully saturated rings. The van der Waals surface area contributed by atoms with Crippen molar-refractivity contribution < 1.29 is 14.3 Å². The quantitative estimate of drug-likeness (QED) is 0.614. The number of amides is 1. The summed E-state index contributed by atoms with van der Waals surface area (Å²) in [5, 5.41) is 7.81. The van der Waals surface area contributed by atoms with Crippen molar-refractivity contribution in [1.29, 1.82) is 0 Å². The molecule has 0 aliphatic carbocycles. The van der Waals surface area contributed by atoms with Crippen LogP contribution in [0.1, 0.15) is 11.1 Å². The standard InChI is InChI=1S/C21H20ClN3O3/c1-27-19-9-3-16(20(11-19)28-2)4-10-21(26)23-12-15-13-24-25(14-15)18-7-5-17(22)6-8-18/h3-11,13-14H,12H2,1-2H3,(H,23,26)/b10-4+. The van der Waals surface area contributed by atoms with Crippen molar-refractivity contribution in [2.24, 2.45) is 0 Å². The highest BCUT2D eigenvalue weighted by Crippen LogP contribution is 2.25. The van der Waals surface area contributed by atoms with Gasteiger partial charge in [0, 0.05) is 41.0 Å². The topological polar surface area (TPSA) is 65.4 Å².